The molecule has 0 heterocycles. The van der Waals surface area contributed by atoms with Crippen LogP contribution in [0.5, 0.6) is 11.5 Å². The van der Waals surface area contributed by atoms with Crippen LogP contribution in [-0.4, -0.2) is 5.11 Å². The summed E-state index contributed by atoms with van der Waals surface area (Å²) in [6.45, 7) is 6.24. The van der Waals surface area contributed by atoms with E-state index in [1.807, 2.05) is 43.3 Å². The average Bonchev–Trinajstić information content (AvgIpc) is 2.48. The van der Waals surface area contributed by atoms with Crippen LogP contribution in [0.3, 0.4) is 0 Å². The minimum atomic E-state index is -0.501. The van der Waals surface area contributed by atoms with Crippen LogP contribution in [-0.2, 0) is 0 Å². The van der Waals surface area contributed by atoms with Crippen molar-refractivity contribution in [2.45, 2.75) is 39.2 Å². The van der Waals surface area contributed by atoms with Gasteiger partial charge in [0.1, 0.15) is 11.5 Å². The maximum Gasteiger partial charge on any atom is 0.133 e. The lowest BCUT2D eigenvalue weighted by molar-refractivity contribution is 0.170. The first-order valence-electron chi connectivity index (χ1n) is 7.27. The number of para-hydroxylation sites is 1. The molecule has 0 aliphatic carbocycles. The van der Waals surface area contributed by atoms with E-state index in [0.717, 1.165) is 27.1 Å². The fourth-order valence-electron chi connectivity index (χ4n) is 2.25. The summed E-state index contributed by atoms with van der Waals surface area (Å²) in [6, 6.07) is 13.7. The predicted octanol–water partition coefficient (Wildman–Crippen LogP) is 5.81. The highest BCUT2D eigenvalue weighted by Gasteiger charge is 2.14. The lowest BCUT2D eigenvalue weighted by Gasteiger charge is -2.18. The Morgan fingerprint density at radius 3 is 2.38 bits per heavy atom. The number of rotatable bonds is 5. The molecule has 2 rings (SSSR count). The van der Waals surface area contributed by atoms with E-state index in [1.165, 1.54) is 0 Å². The van der Waals surface area contributed by atoms with E-state index >= 15 is 0 Å². The Kier molecular flexibility index (Phi) is 5.43. The fraction of sp³-hybridized carbons (Fsp3) is 0.333. The Labute approximate surface area is 134 Å². The summed E-state index contributed by atoms with van der Waals surface area (Å²) in [5.41, 5.74) is 1.97. The van der Waals surface area contributed by atoms with Crippen LogP contribution >= 0.6 is 15.9 Å². The van der Waals surface area contributed by atoms with Crippen LogP contribution < -0.4 is 4.74 Å². The quantitative estimate of drug-likeness (QED) is 0.738. The fourth-order valence-corrected chi connectivity index (χ4v) is 2.63. The molecule has 0 spiro atoms. The van der Waals surface area contributed by atoms with Crippen molar-refractivity contribution in [2.24, 2.45) is 0 Å². The number of hydrogen-bond acceptors (Lipinski definition) is 2. The molecule has 0 aliphatic heterocycles. The summed E-state index contributed by atoms with van der Waals surface area (Å²) < 4.78 is 7.14. The van der Waals surface area contributed by atoms with Gasteiger partial charge in [0.05, 0.1) is 6.10 Å². The summed E-state index contributed by atoms with van der Waals surface area (Å²) in [6.07, 6.45) is 0.164. The van der Waals surface area contributed by atoms with Crippen LogP contribution in [0.2, 0.25) is 0 Å². The van der Waals surface area contributed by atoms with Crippen molar-refractivity contribution in [3.8, 4) is 11.5 Å². The van der Waals surface area contributed by atoms with E-state index < -0.39 is 6.10 Å². The molecule has 0 saturated carbocycles. The number of ether oxygens (including phenoxy) is 1. The van der Waals surface area contributed by atoms with Crippen LogP contribution in [0, 0.1) is 0 Å². The zero-order valence-corrected chi connectivity index (χ0v) is 14.2. The standard InChI is InChI=1S/C18H21BrO2/c1-4-16(20)14-7-5-6-8-17(14)21-18-10-9-13(19)11-15(18)12(2)3/h5-12,16,20H,4H2,1-3H3/t16-/m1/s1. The largest absolute Gasteiger partial charge is 0.457 e. The van der Waals surface area contributed by atoms with Gasteiger partial charge < -0.3 is 9.84 Å². The van der Waals surface area contributed by atoms with Gasteiger partial charge in [0.2, 0.25) is 0 Å². The highest BCUT2D eigenvalue weighted by Crippen LogP contribution is 2.36. The monoisotopic (exact) mass is 348 g/mol. The molecule has 0 bridgehead atoms. The van der Waals surface area contributed by atoms with Gasteiger partial charge in [-0.05, 0) is 42.2 Å². The molecular formula is C18H21BrO2. The molecule has 112 valence electrons. The van der Waals surface area contributed by atoms with Crippen molar-refractivity contribution < 1.29 is 9.84 Å². The summed E-state index contributed by atoms with van der Waals surface area (Å²) >= 11 is 3.50. The number of aliphatic hydroxyl groups excluding tert-OH is 1. The van der Waals surface area contributed by atoms with Crippen molar-refractivity contribution in [1.82, 2.24) is 0 Å². The Balaban J connectivity index is 2.39. The number of aliphatic hydroxyl groups is 1. The Hall–Kier alpha value is -1.32. The average molecular weight is 349 g/mol. The molecule has 21 heavy (non-hydrogen) atoms. The highest BCUT2D eigenvalue weighted by atomic mass is 79.9. The van der Waals surface area contributed by atoms with Gasteiger partial charge in [0.25, 0.3) is 0 Å². The number of halogens is 1. The van der Waals surface area contributed by atoms with Gasteiger partial charge in [-0.2, -0.15) is 0 Å². The summed E-state index contributed by atoms with van der Waals surface area (Å²) in [7, 11) is 0. The molecule has 3 heteroatoms. The molecule has 0 aromatic heterocycles. The first-order valence-corrected chi connectivity index (χ1v) is 8.06. The minimum Gasteiger partial charge on any atom is -0.457 e. The maximum atomic E-state index is 10.1. The molecule has 0 unspecified atom stereocenters. The SMILES string of the molecule is CC[C@@H](O)c1ccccc1Oc1ccc(Br)cc1C(C)C. The Morgan fingerprint density at radius 2 is 1.71 bits per heavy atom. The Morgan fingerprint density at radius 1 is 1.05 bits per heavy atom. The zero-order chi connectivity index (χ0) is 15.4. The molecule has 0 aliphatic rings. The maximum absolute atomic E-state index is 10.1. The molecule has 2 aromatic rings. The number of benzene rings is 2. The smallest absolute Gasteiger partial charge is 0.133 e. The lowest BCUT2D eigenvalue weighted by Crippen LogP contribution is -2.00. The zero-order valence-electron chi connectivity index (χ0n) is 12.6. The van der Waals surface area contributed by atoms with E-state index in [-0.39, 0.29) is 0 Å². The van der Waals surface area contributed by atoms with Crippen LogP contribution in [0.15, 0.2) is 46.9 Å². The van der Waals surface area contributed by atoms with E-state index in [9.17, 15) is 5.11 Å². The molecule has 0 radical (unpaired) electrons. The van der Waals surface area contributed by atoms with Gasteiger partial charge in [-0.15, -0.1) is 0 Å². The van der Waals surface area contributed by atoms with Crippen LogP contribution in [0.4, 0.5) is 0 Å². The van der Waals surface area contributed by atoms with Crippen molar-refractivity contribution in [1.29, 1.82) is 0 Å². The van der Waals surface area contributed by atoms with Crippen molar-refractivity contribution in [3.05, 3.63) is 58.1 Å². The molecule has 1 atom stereocenters. The summed E-state index contributed by atoms with van der Waals surface area (Å²) in [5, 5.41) is 10.1. The normalized spacial score (nSPS) is 12.5. The van der Waals surface area contributed by atoms with E-state index in [0.29, 0.717) is 12.3 Å². The molecule has 2 nitrogen and oxygen atoms in total. The van der Waals surface area contributed by atoms with Crippen molar-refractivity contribution in [2.75, 3.05) is 0 Å². The Bertz CT molecular complexity index is 608. The summed E-state index contributed by atoms with van der Waals surface area (Å²) in [5.74, 6) is 1.92. The summed E-state index contributed by atoms with van der Waals surface area (Å²) in [4.78, 5) is 0. The topological polar surface area (TPSA) is 29.5 Å². The van der Waals surface area contributed by atoms with E-state index in [2.05, 4.69) is 35.8 Å². The van der Waals surface area contributed by atoms with E-state index in [1.54, 1.807) is 0 Å². The molecular weight excluding hydrogens is 328 g/mol. The second-order valence-corrected chi connectivity index (χ2v) is 6.32. The molecule has 0 saturated heterocycles. The van der Waals surface area contributed by atoms with Crippen molar-refractivity contribution in [3.63, 3.8) is 0 Å². The van der Waals surface area contributed by atoms with E-state index in [4.69, 9.17) is 4.74 Å². The van der Waals surface area contributed by atoms with Gasteiger partial charge in [-0.3, -0.25) is 0 Å². The predicted molar refractivity (Wildman–Crippen MR) is 90.0 cm³/mol. The van der Waals surface area contributed by atoms with Gasteiger partial charge in [-0.25, -0.2) is 0 Å². The molecule has 0 amide bonds. The minimum absolute atomic E-state index is 0.362. The van der Waals surface area contributed by atoms with Crippen molar-refractivity contribution >= 4 is 15.9 Å². The second-order valence-electron chi connectivity index (χ2n) is 5.40. The first kappa shape index (κ1) is 16.1. The third kappa shape index (κ3) is 3.86. The number of hydrogen-bond donors (Lipinski definition) is 1. The first-order chi connectivity index (χ1) is 10.0. The molecule has 2 aromatic carbocycles. The van der Waals surface area contributed by atoms with Gasteiger partial charge in [0.15, 0.2) is 0 Å². The molecule has 0 fully saturated rings. The third-order valence-electron chi connectivity index (χ3n) is 3.48. The van der Waals surface area contributed by atoms with Crippen LogP contribution in [0.25, 0.3) is 0 Å². The second kappa shape index (κ2) is 7.10. The van der Waals surface area contributed by atoms with Crippen LogP contribution in [0.1, 0.15) is 50.3 Å². The van der Waals surface area contributed by atoms with Gasteiger partial charge in [-0.1, -0.05) is 54.9 Å². The highest BCUT2D eigenvalue weighted by molar-refractivity contribution is 9.10. The third-order valence-corrected chi connectivity index (χ3v) is 3.97. The lowest BCUT2D eigenvalue weighted by atomic mass is 10.0. The van der Waals surface area contributed by atoms with Gasteiger partial charge in [0, 0.05) is 10.0 Å². The molecule has 1 N–H and O–H groups in total. The van der Waals surface area contributed by atoms with Gasteiger partial charge >= 0.3 is 0 Å².